The third-order valence-electron chi connectivity index (χ3n) is 6.86. The first kappa shape index (κ1) is 21.8. The second-order valence-corrected chi connectivity index (χ2v) is 9.28. The van der Waals surface area contributed by atoms with Gasteiger partial charge in [-0.05, 0) is 56.2 Å². The van der Waals surface area contributed by atoms with Gasteiger partial charge >= 0.3 is 0 Å². The first-order chi connectivity index (χ1) is 15.9. The van der Waals surface area contributed by atoms with E-state index in [1.165, 1.54) is 18.9 Å². The molecule has 2 aliphatic rings. The van der Waals surface area contributed by atoms with E-state index in [-0.39, 0.29) is 6.54 Å². The zero-order valence-corrected chi connectivity index (χ0v) is 19.3. The lowest BCUT2D eigenvalue weighted by molar-refractivity contribution is -0.00860. The summed E-state index contributed by atoms with van der Waals surface area (Å²) in [5, 5.41) is 15.4. The van der Waals surface area contributed by atoms with Crippen LogP contribution < -0.4 is 15.1 Å². The fourth-order valence-corrected chi connectivity index (χ4v) is 4.60. The maximum atomic E-state index is 14.6. The highest BCUT2D eigenvalue weighted by molar-refractivity contribution is 5.95. The summed E-state index contributed by atoms with van der Waals surface area (Å²) in [5.74, 6) is 2.69. The van der Waals surface area contributed by atoms with Crippen molar-refractivity contribution in [2.75, 3.05) is 34.8 Å². The van der Waals surface area contributed by atoms with Gasteiger partial charge < -0.3 is 20.2 Å². The van der Waals surface area contributed by atoms with Crippen LogP contribution in [-0.2, 0) is 6.42 Å². The Morgan fingerprint density at radius 2 is 2.00 bits per heavy atom. The molecule has 0 aliphatic carbocycles. The minimum Gasteiger partial charge on any atom is -0.390 e. The third kappa shape index (κ3) is 4.06. The van der Waals surface area contributed by atoms with Gasteiger partial charge in [0.25, 0.3) is 0 Å². The van der Waals surface area contributed by atoms with Gasteiger partial charge in [-0.3, -0.25) is 0 Å². The molecule has 174 valence electrons. The number of rotatable bonds is 5. The van der Waals surface area contributed by atoms with Crippen molar-refractivity contribution < 1.29 is 9.50 Å². The Kier molecular flexibility index (Phi) is 5.52. The molecule has 2 fully saturated rings. The molecule has 2 saturated heterocycles. The van der Waals surface area contributed by atoms with Gasteiger partial charge in [-0.15, -0.1) is 0 Å². The Morgan fingerprint density at radius 1 is 1.15 bits per heavy atom. The van der Waals surface area contributed by atoms with Crippen LogP contribution in [-0.4, -0.2) is 62.5 Å². The summed E-state index contributed by atoms with van der Waals surface area (Å²) < 4.78 is 14.6. The predicted molar refractivity (Wildman–Crippen MR) is 128 cm³/mol. The quantitative estimate of drug-likeness (QED) is 0.608. The smallest absolute Gasteiger partial charge is 0.227 e. The molecule has 0 aromatic carbocycles. The maximum absolute atomic E-state index is 14.6. The first-order valence-electron chi connectivity index (χ1n) is 11.6. The number of aliphatic hydroxyl groups excluding tert-OH is 1. The van der Waals surface area contributed by atoms with Crippen molar-refractivity contribution in [3.63, 3.8) is 0 Å². The topological polar surface area (TPSA) is 90.3 Å². The molecule has 5 heterocycles. The van der Waals surface area contributed by atoms with E-state index in [9.17, 15) is 9.50 Å². The Hall–Kier alpha value is -3.07. The second kappa shape index (κ2) is 8.37. The minimum absolute atomic E-state index is 0.0520. The van der Waals surface area contributed by atoms with Gasteiger partial charge in [0.2, 0.25) is 5.95 Å². The predicted octanol–water partition coefficient (Wildman–Crippen LogP) is 3.62. The summed E-state index contributed by atoms with van der Waals surface area (Å²) in [6, 6.07) is 4.30. The Balaban J connectivity index is 1.42. The number of halogens is 1. The van der Waals surface area contributed by atoms with Crippen LogP contribution in [0.1, 0.15) is 39.2 Å². The summed E-state index contributed by atoms with van der Waals surface area (Å²) in [5.41, 5.74) is -0.522. The van der Waals surface area contributed by atoms with E-state index in [0.717, 1.165) is 29.6 Å². The lowest BCUT2D eigenvalue weighted by Crippen LogP contribution is -2.52. The summed E-state index contributed by atoms with van der Waals surface area (Å²) in [6.07, 6.45) is 6.93. The van der Waals surface area contributed by atoms with E-state index in [1.807, 2.05) is 18.5 Å². The average molecular weight is 452 g/mol. The van der Waals surface area contributed by atoms with Crippen LogP contribution >= 0.6 is 0 Å². The van der Waals surface area contributed by atoms with Gasteiger partial charge in [-0.2, -0.15) is 4.98 Å². The molecule has 0 spiro atoms. The molecular formula is C24H30FN7O. The van der Waals surface area contributed by atoms with Crippen molar-refractivity contribution in [3.05, 3.63) is 36.3 Å². The van der Waals surface area contributed by atoms with Crippen LogP contribution in [0.25, 0.3) is 10.8 Å². The van der Waals surface area contributed by atoms with Crippen molar-refractivity contribution in [2.24, 2.45) is 0 Å². The molecule has 5 rings (SSSR count). The monoisotopic (exact) mass is 451 g/mol. The normalized spacial score (nSPS) is 25.2. The minimum atomic E-state index is -1.69. The van der Waals surface area contributed by atoms with Crippen LogP contribution in [0.3, 0.4) is 0 Å². The molecule has 3 aromatic rings. The lowest BCUT2D eigenvalue weighted by Gasteiger charge is -2.40. The standard InChI is InChI=1S/C24H30FN7O/c1-4-16-12-28-22(32-10-6-15(32)2)18-13-27-21(11-17(16)18)29-20-5-8-26-23(30-20)31-9-7-19(33)24(3,25)14-31/h5,8,11-13,15,19,33H,4,6-7,9-10,14H2,1-3H3,(H,26,27,29,30)/t15-,19-,24+/m1/s1. The highest BCUT2D eigenvalue weighted by atomic mass is 19.1. The summed E-state index contributed by atoms with van der Waals surface area (Å²) in [6.45, 7) is 7.33. The van der Waals surface area contributed by atoms with E-state index in [1.54, 1.807) is 17.2 Å². The van der Waals surface area contributed by atoms with Gasteiger partial charge in [0.1, 0.15) is 17.5 Å². The number of alkyl halides is 1. The molecule has 8 nitrogen and oxygen atoms in total. The van der Waals surface area contributed by atoms with Crippen molar-refractivity contribution in [3.8, 4) is 0 Å². The van der Waals surface area contributed by atoms with Crippen molar-refractivity contribution in [1.82, 2.24) is 19.9 Å². The highest BCUT2D eigenvalue weighted by Crippen LogP contribution is 2.34. The van der Waals surface area contributed by atoms with E-state index >= 15 is 0 Å². The third-order valence-corrected chi connectivity index (χ3v) is 6.86. The number of piperidine rings is 1. The molecule has 0 unspecified atom stereocenters. The Bertz CT molecular complexity index is 1170. The van der Waals surface area contributed by atoms with Gasteiger partial charge in [-0.25, -0.2) is 19.3 Å². The van der Waals surface area contributed by atoms with Crippen LogP contribution in [0.2, 0.25) is 0 Å². The number of aryl methyl sites for hydroxylation is 1. The molecule has 33 heavy (non-hydrogen) atoms. The molecule has 3 aromatic heterocycles. The van der Waals surface area contributed by atoms with E-state index < -0.39 is 11.8 Å². The molecule has 3 atom stereocenters. The van der Waals surface area contributed by atoms with Crippen LogP contribution in [0.4, 0.5) is 27.8 Å². The van der Waals surface area contributed by atoms with Gasteiger partial charge in [0.15, 0.2) is 5.67 Å². The van der Waals surface area contributed by atoms with Crippen LogP contribution in [0.15, 0.2) is 30.7 Å². The number of aliphatic hydroxyl groups is 1. The molecular weight excluding hydrogens is 421 g/mol. The second-order valence-electron chi connectivity index (χ2n) is 9.28. The van der Waals surface area contributed by atoms with Crippen LogP contribution in [0.5, 0.6) is 0 Å². The number of aromatic nitrogens is 4. The van der Waals surface area contributed by atoms with Crippen molar-refractivity contribution in [2.45, 2.75) is 57.8 Å². The molecule has 9 heteroatoms. The molecule has 0 radical (unpaired) electrons. The van der Waals surface area contributed by atoms with E-state index in [0.29, 0.717) is 36.6 Å². The number of pyridine rings is 2. The Labute approximate surface area is 192 Å². The van der Waals surface area contributed by atoms with Crippen molar-refractivity contribution >= 4 is 34.2 Å². The zero-order chi connectivity index (χ0) is 23.2. The van der Waals surface area contributed by atoms with Crippen LogP contribution in [0, 0.1) is 0 Å². The number of hydrogen-bond donors (Lipinski definition) is 2. The first-order valence-corrected chi connectivity index (χ1v) is 11.6. The SMILES string of the molecule is CCc1cnc(N2CC[C@H]2C)c2cnc(Nc3ccnc(N4CC[C@@H](O)[C@@](C)(F)C4)n3)cc12. The zero-order valence-electron chi connectivity index (χ0n) is 19.3. The summed E-state index contributed by atoms with van der Waals surface area (Å²) >= 11 is 0. The fraction of sp³-hybridized carbons (Fsp3) is 0.500. The molecule has 0 bridgehead atoms. The molecule has 2 N–H and O–H groups in total. The van der Waals surface area contributed by atoms with E-state index in [2.05, 4.69) is 39.0 Å². The van der Waals surface area contributed by atoms with Gasteiger partial charge in [0, 0.05) is 43.1 Å². The number of nitrogens with one attached hydrogen (secondary N) is 1. The number of fused-ring (bicyclic) bond motifs is 1. The molecule has 0 saturated carbocycles. The maximum Gasteiger partial charge on any atom is 0.227 e. The Morgan fingerprint density at radius 3 is 2.70 bits per heavy atom. The van der Waals surface area contributed by atoms with Gasteiger partial charge in [-0.1, -0.05) is 6.92 Å². The largest absolute Gasteiger partial charge is 0.390 e. The summed E-state index contributed by atoms with van der Waals surface area (Å²) in [4.78, 5) is 22.4. The van der Waals surface area contributed by atoms with Gasteiger partial charge in [0.05, 0.1) is 12.6 Å². The number of nitrogens with zero attached hydrogens (tertiary/aromatic N) is 6. The lowest BCUT2D eigenvalue weighted by atomic mass is 9.94. The average Bonchev–Trinajstić information content (AvgIpc) is 2.80. The van der Waals surface area contributed by atoms with Crippen molar-refractivity contribution in [1.29, 1.82) is 0 Å². The number of anilines is 4. The molecule has 0 amide bonds. The summed E-state index contributed by atoms with van der Waals surface area (Å²) in [7, 11) is 0. The highest BCUT2D eigenvalue weighted by Gasteiger charge is 2.39. The number of hydrogen-bond acceptors (Lipinski definition) is 8. The van der Waals surface area contributed by atoms with E-state index in [4.69, 9.17) is 4.98 Å². The molecule has 2 aliphatic heterocycles. The fourth-order valence-electron chi connectivity index (χ4n) is 4.60.